The van der Waals surface area contributed by atoms with Crippen LogP contribution in [0.15, 0.2) is 16.7 Å². The molecule has 0 aliphatic carbocycles. The Morgan fingerprint density at radius 1 is 1.26 bits per heavy atom. The Hall–Kier alpha value is -2.63. The lowest BCUT2D eigenvalue weighted by Crippen LogP contribution is -2.47. The summed E-state index contributed by atoms with van der Waals surface area (Å²) < 4.78 is 52.7. The number of carbonyl (C=O) groups is 3. The molecule has 1 aliphatic heterocycles. The zero-order valence-corrected chi connectivity index (χ0v) is 21.6. The van der Waals surface area contributed by atoms with E-state index in [2.05, 4.69) is 21.0 Å². The molecule has 35 heavy (non-hydrogen) atoms. The van der Waals surface area contributed by atoms with Gasteiger partial charge in [-0.15, -0.1) is 0 Å². The minimum Gasteiger partial charge on any atom is -0.464 e. The van der Waals surface area contributed by atoms with Crippen molar-refractivity contribution >= 4 is 44.7 Å². The van der Waals surface area contributed by atoms with Gasteiger partial charge in [-0.2, -0.15) is 18.3 Å². The third-order valence-electron chi connectivity index (χ3n) is 5.57. The molecule has 1 aromatic carbocycles. The second-order valence-electron chi connectivity index (χ2n) is 9.29. The van der Waals surface area contributed by atoms with Gasteiger partial charge in [0.2, 0.25) is 6.04 Å². The maximum Gasteiger partial charge on any atom is 0.417 e. The highest BCUT2D eigenvalue weighted by Crippen LogP contribution is 2.39. The number of ketones is 1. The van der Waals surface area contributed by atoms with Crippen LogP contribution in [0.4, 0.5) is 18.0 Å². The van der Waals surface area contributed by atoms with Gasteiger partial charge in [-0.1, -0.05) is 15.9 Å². The van der Waals surface area contributed by atoms with E-state index in [1.165, 1.54) is 4.90 Å². The number of benzene rings is 1. The van der Waals surface area contributed by atoms with Crippen LogP contribution in [-0.4, -0.2) is 57.3 Å². The van der Waals surface area contributed by atoms with E-state index in [1.54, 1.807) is 34.6 Å². The van der Waals surface area contributed by atoms with Gasteiger partial charge in [0.15, 0.2) is 5.78 Å². The Morgan fingerprint density at radius 3 is 2.49 bits per heavy atom. The Bertz CT molecular complexity index is 1160. The van der Waals surface area contributed by atoms with Crippen LogP contribution in [0.5, 0.6) is 0 Å². The number of nitrogens with zero attached hydrogens (tertiary/aromatic N) is 3. The minimum atomic E-state index is -4.69. The van der Waals surface area contributed by atoms with Gasteiger partial charge in [0.25, 0.3) is 0 Å². The molecule has 2 atom stereocenters. The number of fused-ring (bicyclic) bond motifs is 1. The lowest BCUT2D eigenvalue weighted by molar-refractivity contribution is -0.152. The molecule has 0 N–H and O–H groups in total. The molecule has 1 unspecified atom stereocenters. The molecule has 2 heterocycles. The number of aromatic nitrogens is 2. The molecule has 1 aliphatic rings. The van der Waals surface area contributed by atoms with Crippen LogP contribution >= 0.6 is 15.9 Å². The standard InChI is InChI=1S/C23H27BrF3N3O5/c1-6-34-20(32)18(19(31)16-8-7-9-29(16)21(33)35-22(3,4)5)30-11-13-14(23(25,26)27)10-15(24)12(2)17(13)28-30/h10-11,16,18H,6-9H2,1-5H3/t16-,18?/m1/s1. The summed E-state index contributed by atoms with van der Waals surface area (Å²) in [7, 11) is 0. The first-order valence-corrected chi connectivity index (χ1v) is 11.9. The van der Waals surface area contributed by atoms with Crippen molar-refractivity contribution in [3.05, 3.63) is 27.9 Å². The topological polar surface area (TPSA) is 90.7 Å². The van der Waals surface area contributed by atoms with Crippen LogP contribution in [0, 0.1) is 6.92 Å². The normalized spacial score (nSPS) is 17.5. The Labute approximate surface area is 208 Å². The van der Waals surface area contributed by atoms with Crippen LogP contribution in [-0.2, 0) is 25.2 Å². The molecule has 0 saturated carbocycles. The fourth-order valence-corrected chi connectivity index (χ4v) is 4.43. The maximum absolute atomic E-state index is 13.7. The van der Waals surface area contributed by atoms with Gasteiger partial charge < -0.3 is 9.47 Å². The lowest BCUT2D eigenvalue weighted by atomic mass is 10.0. The fourth-order valence-electron chi connectivity index (χ4n) is 4.02. The second kappa shape index (κ2) is 9.79. The van der Waals surface area contributed by atoms with Gasteiger partial charge >= 0.3 is 18.2 Å². The Morgan fingerprint density at radius 2 is 1.91 bits per heavy atom. The molecular formula is C23H27BrF3N3O5. The van der Waals surface area contributed by atoms with E-state index in [0.717, 1.165) is 16.9 Å². The minimum absolute atomic E-state index is 0.00998. The predicted octanol–water partition coefficient (Wildman–Crippen LogP) is 5.20. The molecule has 1 amide bonds. The number of hydrogen-bond donors (Lipinski definition) is 0. The number of rotatable bonds is 5. The summed E-state index contributed by atoms with van der Waals surface area (Å²) in [6.07, 6.45) is -3.60. The van der Waals surface area contributed by atoms with E-state index in [1.807, 2.05) is 0 Å². The SMILES string of the molecule is CCOC(=O)C(C(=O)[C@H]1CCCN1C(=O)OC(C)(C)C)n1cc2c(C(F)(F)F)cc(Br)c(C)c2n1. The maximum atomic E-state index is 13.7. The number of likely N-dealkylation sites (tertiary alicyclic amines) is 1. The number of aryl methyl sites for hydroxylation is 1. The highest BCUT2D eigenvalue weighted by molar-refractivity contribution is 9.10. The third-order valence-corrected chi connectivity index (χ3v) is 6.39. The monoisotopic (exact) mass is 561 g/mol. The van der Waals surface area contributed by atoms with E-state index in [9.17, 15) is 27.6 Å². The van der Waals surface area contributed by atoms with Crippen LogP contribution < -0.4 is 0 Å². The number of carbonyl (C=O) groups excluding carboxylic acids is 3. The highest BCUT2D eigenvalue weighted by Gasteiger charge is 2.44. The first-order chi connectivity index (χ1) is 16.2. The molecular weight excluding hydrogens is 535 g/mol. The van der Waals surface area contributed by atoms with E-state index < -0.39 is 47.3 Å². The van der Waals surface area contributed by atoms with Gasteiger partial charge in [-0.3, -0.25) is 9.69 Å². The third kappa shape index (κ3) is 5.62. The van der Waals surface area contributed by atoms with Gasteiger partial charge in [-0.25, -0.2) is 14.3 Å². The number of hydrogen-bond acceptors (Lipinski definition) is 6. The summed E-state index contributed by atoms with van der Waals surface area (Å²) in [5.74, 6) is -1.67. The molecule has 1 aromatic heterocycles. The number of Topliss-reactive ketones (excluding diaryl/α,β-unsaturated/α-hetero) is 1. The smallest absolute Gasteiger partial charge is 0.417 e. The van der Waals surface area contributed by atoms with Gasteiger partial charge in [0, 0.05) is 22.6 Å². The molecule has 3 rings (SSSR count). The number of amides is 1. The van der Waals surface area contributed by atoms with E-state index in [-0.39, 0.29) is 34.9 Å². The van der Waals surface area contributed by atoms with Crippen molar-refractivity contribution in [2.24, 2.45) is 0 Å². The van der Waals surface area contributed by atoms with E-state index >= 15 is 0 Å². The summed E-state index contributed by atoms with van der Waals surface area (Å²) in [6, 6.07) is -1.75. The summed E-state index contributed by atoms with van der Waals surface area (Å²) in [5.41, 5.74) is -1.35. The average Bonchev–Trinajstić information content (AvgIpc) is 3.36. The molecule has 12 heteroatoms. The van der Waals surface area contributed by atoms with Crippen molar-refractivity contribution < 1.29 is 37.0 Å². The molecule has 1 fully saturated rings. The van der Waals surface area contributed by atoms with Crippen molar-refractivity contribution in [1.29, 1.82) is 0 Å². The first kappa shape index (κ1) is 27.0. The van der Waals surface area contributed by atoms with Crippen molar-refractivity contribution in [3.63, 3.8) is 0 Å². The average molecular weight is 562 g/mol. The first-order valence-electron chi connectivity index (χ1n) is 11.1. The van der Waals surface area contributed by atoms with Crippen LogP contribution in [0.1, 0.15) is 57.7 Å². The van der Waals surface area contributed by atoms with Crippen molar-refractivity contribution in [1.82, 2.24) is 14.7 Å². The largest absolute Gasteiger partial charge is 0.464 e. The van der Waals surface area contributed by atoms with Crippen molar-refractivity contribution in [2.75, 3.05) is 13.2 Å². The number of alkyl halides is 3. The van der Waals surface area contributed by atoms with E-state index in [4.69, 9.17) is 9.47 Å². The lowest BCUT2D eigenvalue weighted by Gasteiger charge is -2.29. The zero-order chi connectivity index (χ0) is 26.3. The molecule has 192 valence electrons. The van der Waals surface area contributed by atoms with Crippen LogP contribution in [0.2, 0.25) is 0 Å². The Balaban J connectivity index is 2.09. The molecule has 1 saturated heterocycles. The summed E-state index contributed by atoms with van der Waals surface area (Å²) in [5, 5.41) is 3.95. The van der Waals surface area contributed by atoms with E-state index in [0.29, 0.717) is 12.0 Å². The quantitative estimate of drug-likeness (QED) is 0.368. The molecule has 0 spiro atoms. The molecule has 0 radical (unpaired) electrons. The zero-order valence-electron chi connectivity index (χ0n) is 20.0. The Kier molecular flexibility index (Phi) is 7.54. The highest BCUT2D eigenvalue weighted by atomic mass is 79.9. The molecule has 8 nitrogen and oxygen atoms in total. The molecule has 0 bridgehead atoms. The number of ether oxygens (including phenoxy) is 2. The molecule has 2 aromatic rings. The van der Waals surface area contributed by atoms with Gasteiger partial charge in [-0.05, 0) is 59.1 Å². The van der Waals surface area contributed by atoms with Gasteiger partial charge in [0.1, 0.15) is 5.60 Å². The summed E-state index contributed by atoms with van der Waals surface area (Å²) in [4.78, 5) is 40.4. The van der Waals surface area contributed by atoms with Crippen LogP contribution in [0.3, 0.4) is 0 Å². The number of halogens is 4. The second-order valence-corrected chi connectivity index (χ2v) is 10.1. The predicted molar refractivity (Wildman–Crippen MR) is 124 cm³/mol. The van der Waals surface area contributed by atoms with Crippen LogP contribution in [0.25, 0.3) is 10.9 Å². The fraction of sp³-hybridized carbons (Fsp3) is 0.565. The number of esters is 1. The summed E-state index contributed by atoms with van der Waals surface area (Å²) >= 11 is 3.12. The van der Waals surface area contributed by atoms with Crippen molar-refractivity contribution in [2.45, 2.75) is 71.3 Å². The van der Waals surface area contributed by atoms with Crippen molar-refractivity contribution in [3.8, 4) is 0 Å². The van der Waals surface area contributed by atoms with Gasteiger partial charge in [0.05, 0.1) is 23.7 Å². The summed E-state index contributed by atoms with van der Waals surface area (Å²) in [6.45, 7) is 8.37.